The van der Waals surface area contributed by atoms with Gasteiger partial charge in [-0.1, -0.05) is 172 Å². The van der Waals surface area contributed by atoms with Crippen molar-refractivity contribution in [2.24, 2.45) is 5.92 Å². The van der Waals surface area contributed by atoms with Gasteiger partial charge in [0.1, 0.15) is 11.3 Å². The monoisotopic (exact) mass is 668 g/mol. The van der Waals surface area contributed by atoms with Crippen molar-refractivity contribution >= 4 is 17.0 Å². The first-order valence-electron chi connectivity index (χ1n) is 18.1. The Bertz CT molecular complexity index is 2610. The van der Waals surface area contributed by atoms with E-state index in [1.165, 1.54) is 33.2 Å². The Morgan fingerprint density at radius 1 is 0.538 bits per heavy atom. The van der Waals surface area contributed by atoms with E-state index in [2.05, 4.69) is 172 Å². The zero-order chi connectivity index (χ0) is 34.8. The summed E-state index contributed by atoms with van der Waals surface area (Å²) in [5.41, 5.74) is 14.4. The minimum atomic E-state index is -0.0324. The van der Waals surface area contributed by atoms with Crippen LogP contribution in [0.2, 0.25) is 0 Å². The second-order valence-electron chi connectivity index (χ2n) is 14.5. The molecule has 0 fully saturated rings. The van der Waals surface area contributed by atoms with Crippen molar-refractivity contribution in [2.45, 2.75) is 25.2 Å². The molecule has 2 atom stereocenters. The number of fused-ring (bicyclic) bond motifs is 7. The number of furan rings is 1. The highest BCUT2D eigenvalue weighted by Gasteiger charge is 2.49. The van der Waals surface area contributed by atoms with Crippen molar-refractivity contribution in [1.29, 1.82) is 0 Å². The second-order valence-corrected chi connectivity index (χ2v) is 14.5. The summed E-state index contributed by atoms with van der Waals surface area (Å²) in [6, 6.07) is 55.7. The Morgan fingerprint density at radius 2 is 1.12 bits per heavy atom. The fourth-order valence-corrected chi connectivity index (χ4v) is 8.67. The Morgan fingerprint density at radius 3 is 1.81 bits per heavy atom. The smallest absolute Gasteiger partial charge is 0.161 e. The van der Waals surface area contributed by atoms with Gasteiger partial charge in [-0.05, 0) is 50.9 Å². The molecule has 2 aliphatic rings. The van der Waals surface area contributed by atoms with Crippen LogP contribution in [-0.4, -0.2) is 9.97 Å². The molecule has 0 radical (unpaired) electrons. The van der Waals surface area contributed by atoms with E-state index in [1.807, 2.05) is 12.1 Å². The predicted molar refractivity (Wildman–Crippen MR) is 213 cm³/mol. The molecule has 2 aliphatic carbocycles. The molecule has 8 aromatic rings. The minimum Gasteiger partial charge on any atom is -0.460 e. The average Bonchev–Trinajstić information content (AvgIpc) is 3.70. The average molecular weight is 669 g/mol. The van der Waals surface area contributed by atoms with Crippen LogP contribution in [0.3, 0.4) is 0 Å². The van der Waals surface area contributed by atoms with Crippen molar-refractivity contribution < 1.29 is 4.42 Å². The van der Waals surface area contributed by atoms with Gasteiger partial charge in [0.25, 0.3) is 0 Å². The first-order chi connectivity index (χ1) is 25.5. The Balaban J connectivity index is 1.13. The third-order valence-corrected chi connectivity index (χ3v) is 11.3. The van der Waals surface area contributed by atoms with E-state index in [-0.39, 0.29) is 11.3 Å². The normalized spacial score (nSPS) is 16.7. The van der Waals surface area contributed by atoms with Crippen molar-refractivity contribution in [2.75, 3.05) is 0 Å². The summed E-state index contributed by atoms with van der Waals surface area (Å²) in [4.78, 5) is 10.4. The summed E-state index contributed by atoms with van der Waals surface area (Å²) in [7, 11) is 0. The molecule has 6 aromatic carbocycles. The zero-order valence-electron chi connectivity index (χ0n) is 29.1. The Labute approximate surface area is 304 Å². The molecule has 248 valence electrons. The van der Waals surface area contributed by atoms with Gasteiger partial charge in [-0.15, -0.1) is 0 Å². The van der Waals surface area contributed by atoms with Crippen LogP contribution in [0.4, 0.5) is 0 Å². The number of benzene rings is 6. The standard InChI is InChI=1S/C49H36N2O/c1-49(2)41-27-25-33(29-40(41)46-42(49)28-26-38-37-22-13-14-24-45(37)52-47(38)46)34-19-9-10-20-35(34)36-21-11-12-23-39(36)48-50-43(31-15-5-3-6-16-31)30-44(51-48)32-17-7-4-8-18-32/h3-30,42,46H,1-2H3. The number of aromatic nitrogens is 2. The van der Waals surface area contributed by atoms with Gasteiger partial charge in [-0.3, -0.25) is 0 Å². The molecule has 3 heteroatoms. The van der Waals surface area contributed by atoms with Crippen molar-refractivity contribution in [3.05, 3.63) is 186 Å². The topological polar surface area (TPSA) is 38.9 Å². The van der Waals surface area contributed by atoms with E-state index in [1.54, 1.807) is 0 Å². The molecule has 10 rings (SSSR count). The largest absolute Gasteiger partial charge is 0.460 e. The van der Waals surface area contributed by atoms with Crippen LogP contribution in [0.1, 0.15) is 42.2 Å². The lowest BCUT2D eigenvalue weighted by Crippen LogP contribution is -2.26. The maximum Gasteiger partial charge on any atom is 0.161 e. The van der Waals surface area contributed by atoms with Gasteiger partial charge in [0, 0.05) is 33.6 Å². The van der Waals surface area contributed by atoms with Crippen LogP contribution in [0, 0.1) is 5.92 Å². The second kappa shape index (κ2) is 11.9. The summed E-state index contributed by atoms with van der Waals surface area (Å²) in [6.07, 6.45) is 4.72. The fraction of sp³-hybridized carbons (Fsp3) is 0.102. The number of para-hydroxylation sites is 1. The quantitative estimate of drug-likeness (QED) is 0.183. The lowest BCUT2D eigenvalue weighted by atomic mass is 9.73. The Hall–Kier alpha value is -6.32. The SMILES string of the molecule is CC1(C)c2ccc(-c3ccccc3-c3ccccc3-c3nc(-c4ccccc4)cc(-c4ccccc4)n3)cc2C2c3oc4ccccc4c3C=CC21. The van der Waals surface area contributed by atoms with Crippen LogP contribution < -0.4 is 0 Å². The third-order valence-electron chi connectivity index (χ3n) is 11.3. The van der Waals surface area contributed by atoms with Crippen LogP contribution in [0.15, 0.2) is 168 Å². The molecule has 0 aliphatic heterocycles. The van der Waals surface area contributed by atoms with Crippen LogP contribution in [-0.2, 0) is 5.41 Å². The molecule has 2 heterocycles. The summed E-state index contributed by atoms with van der Waals surface area (Å²) in [5, 5.41) is 1.19. The van der Waals surface area contributed by atoms with E-state index in [0.717, 1.165) is 50.5 Å². The van der Waals surface area contributed by atoms with E-state index < -0.39 is 0 Å². The van der Waals surface area contributed by atoms with E-state index in [9.17, 15) is 0 Å². The highest BCUT2D eigenvalue weighted by atomic mass is 16.3. The number of rotatable bonds is 5. The molecular formula is C49H36N2O. The van der Waals surface area contributed by atoms with E-state index >= 15 is 0 Å². The highest BCUT2D eigenvalue weighted by Crippen LogP contribution is 2.58. The van der Waals surface area contributed by atoms with Crippen molar-refractivity contribution in [1.82, 2.24) is 9.97 Å². The van der Waals surface area contributed by atoms with E-state index in [0.29, 0.717) is 11.7 Å². The first-order valence-corrected chi connectivity index (χ1v) is 18.1. The summed E-state index contributed by atoms with van der Waals surface area (Å²) in [6.45, 7) is 4.76. The lowest BCUT2D eigenvalue weighted by Gasteiger charge is -2.30. The van der Waals surface area contributed by atoms with Crippen molar-refractivity contribution in [3.8, 4) is 56.2 Å². The molecule has 3 nitrogen and oxygen atoms in total. The van der Waals surface area contributed by atoms with Crippen LogP contribution in [0.5, 0.6) is 0 Å². The number of hydrogen-bond donors (Lipinski definition) is 0. The molecule has 0 amide bonds. The summed E-state index contributed by atoms with van der Waals surface area (Å²) in [5.74, 6) is 2.26. The number of nitrogens with zero attached hydrogens (tertiary/aromatic N) is 2. The van der Waals surface area contributed by atoms with E-state index in [4.69, 9.17) is 14.4 Å². The maximum atomic E-state index is 6.68. The molecule has 0 saturated carbocycles. The zero-order valence-corrected chi connectivity index (χ0v) is 29.1. The molecule has 2 unspecified atom stereocenters. The van der Waals surface area contributed by atoms with Gasteiger partial charge in [0.2, 0.25) is 0 Å². The molecule has 52 heavy (non-hydrogen) atoms. The van der Waals surface area contributed by atoms with Gasteiger partial charge < -0.3 is 4.42 Å². The molecule has 0 bridgehead atoms. The first kappa shape index (κ1) is 30.5. The van der Waals surface area contributed by atoms with Crippen LogP contribution >= 0.6 is 0 Å². The lowest BCUT2D eigenvalue weighted by molar-refractivity contribution is 0.361. The fourth-order valence-electron chi connectivity index (χ4n) is 8.67. The summed E-state index contributed by atoms with van der Waals surface area (Å²) < 4.78 is 6.68. The van der Waals surface area contributed by atoms with Crippen LogP contribution in [0.25, 0.3) is 73.2 Å². The molecule has 0 spiro atoms. The minimum absolute atomic E-state index is 0.0324. The van der Waals surface area contributed by atoms with Gasteiger partial charge in [0.15, 0.2) is 5.82 Å². The van der Waals surface area contributed by atoms with Gasteiger partial charge in [-0.2, -0.15) is 0 Å². The van der Waals surface area contributed by atoms with Gasteiger partial charge in [0.05, 0.1) is 17.3 Å². The molecule has 0 saturated heterocycles. The summed E-state index contributed by atoms with van der Waals surface area (Å²) >= 11 is 0. The third kappa shape index (κ3) is 4.81. The van der Waals surface area contributed by atoms with Gasteiger partial charge in [-0.25, -0.2) is 9.97 Å². The molecular weight excluding hydrogens is 633 g/mol. The predicted octanol–water partition coefficient (Wildman–Crippen LogP) is 12.6. The molecule has 2 aromatic heterocycles. The number of allylic oxidation sites excluding steroid dienone is 1. The Kier molecular flexibility index (Phi) is 6.97. The maximum absolute atomic E-state index is 6.68. The van der Waals surface area contributed by atoms with Gasteiger partial charge >= 0.3 is 0 Å². The molecule has 0 N–H and O–H groups in total. The number of hydrogen-bond acceptors (Lipinski definition) is 3. The van der Waals surface area contributed by atoms with Crippen molar-refractivity contribution in [3.63, 3.8) is 0 Å². The highest BCUT2D eigenvalue weighted by molar-refractivity contribution is 5.92.